The molecule has 0 fully saturated rings. The normalized spacial score (nSPS) is 10.6. The second kappa shape index (κ2) is 7.26. The number of nitrogens with one attached hydrogen (secondary N) is 1. The Morgan fingerprint density at radius 3 is 2.84 bits per heavy atom. The van der Waals surface area contributed by atoms with Crippen LogP contribution in [-0.2, 0) is 13.1 Å². The van der Waals surface area contributed by atoms with Crippen LogP contribution >= 0.6 is 11.3 Å². The van der Waals surface area contributed by atoms with Gasteiger partial charge < -0.3 is 10.2 Å². The molecule has 0 aliphatic heterocycles. The van der Waals surface area contributed by atoms with Crippen LogP contribution in [0.2, 0.25) is 0 Å². The van der Waals surface area contributed by atoms with Gasteiger partial charge in [-0.1, -0.05) is 19.1 Å². The molecule has 2 rings (SSSR count). The lowest BCUT2D eigenvalue weighted by Crippen LogP contribution is -2.17. The molecule has 2 aromatic rings. The van der Waals surface area contributed by atoms with Crippen LogP contribution in [0.1, 0.15) is 23.8 Å². The predicted molar refractivity (Wildman–Crippen MR) is 82.7 cm³/mol. The van der Waals surface area contributed by atoms with Gasteiger partial charge in [0.05, 0.1) is 6.54 Å². The van der Waals surface area contributed by atoms with E-state index in [4.69, 9.17) is 0 Å². The molecule has 2 heterocycles. The highest BCUT2D eigenvalue weighted by atomic mass is 32.1. The highest BCUT2D eigenvalue weighted by Crippen LogP contribution is 2.16. The van der Waals surface area contributed by atoms with Crippen LogP contribution in [0, 0.1) is 0 Å². The molecule has 0 unspecified atom stereocenters. The first-order valence-electron chi connectivity index (χ1n) is 6.68. The van der Waals surface area contributed by atoms with Crippen molar-refractivity contribution in [3.8, 4) is 0 Å². The van der Waals surface area contributed by atoms with Crippen molar-refractivity contribution in [3.63, 3.8) is 0 Å². The molecular weight excluding hydrogens is 254 g/mol. The first-order chi connectivity index (χ1) is 9.29. The Bertz CT molecular complexity index is 465. The Hall–Kier alpha value is -1.39. The first kappa shape index (κ1) is 14.0. The van der Waals surface area contributed by atoms with E-state index in [0.717, 1.165) is 31.9 Å². The van der Waals surface area contributed by atoms with Crippen LogP contribution in [-0.4, -0.2) is 18.6 Å². The molecule has 4 heteroatoms. The van der Waals surface area contributed by atoms with Crippen molar-refractivity contribution >= 4 is 17.2 Å². The fourth-order valence-electron chi connectivity index (χ4n) is 1.87. The molecule has 0 aliphatic carbocycles. The zero-order chi connectivity index (χ0) is 13.5. The molecule has 0 spiro atoms. The lowest BCUT2D eigenvalue weighted by Gasteiger charge is -2.17. The molecule has 0 saturated heterocycles. The summed E-state index contributed by atoms with van der Waals surface area (Å²) in [4.78, 5) is 8.06. The van der Waals surface area contributed by atoms with Crippen LogP contribution in [0.5, 0.6) is 0 Å². The van der Waals surface area contributed by atoms with E-state index in [0.29, 0.717) is 0 Å². The number of hydrogen-bond acceptors (Lipinski definition) is 4. The van der Waals surface area contributed by atoms with Crippen molar-refractivity contribution in [2.75, 3.05) is 18.5 Å². The summed E-state index contributed by atoms with van der Waals surface area (Å²) in [6.45, 7) is 5.04. The summed E-state index contributed by atoms with van der Waals surface area (Å²) in [6, 6.07) is 8.49. The van der Waals surface area contributed by atoms with E-state index < -0.39 is 0 Å². The van der Waals surface area contributed by atoms with E-state index in [2.05, 4.69) is 58.8 Å². The smallest absolute Gasteiger partial charge is 0.128 e. The lowest BCUT2D eigenvalue weighted by molar-refractivity contribution is 0.674. The number of rotatable bonds is 7. The first-order valence-corrected chi connectivity index (χ1v) is 7.56. The number of anilines is 1. The molecule has 0 radical (unpaired) electrons. The standard InChI is InChI=1S/C15H21N3S/c1-3-8-16-10-13-6-7-15(17-11-13)18(2)12-14-5-4-9-19-14/h4-7,9,11,16H,3,8,10,12H2,1-2H3. The molecule has 0 bridgehead atoms. The van der Waals surface area contributed by atoms with Gasteiger partial charge in [-0.2, -0.15) is 0 Å². The number of thiophene rings is 1. The summed E-state index contributed by atoms with van der Waals surface area (Å²) in [7, 11) is 2.08. The van der Waals surface area contributed by atoms with E-state index in [-0.39, 0.29) is 0 Å². The maximum atomic E-state index is 4.53. The van der Waals surface area contributed by atoms with Gasteiger partial charge in [0.1, 0.15) is 5.82 Å². The summed E-state index contributed by atoms with van der Waals surface area (Å²) >= 11 is 1.78. The summed E-state index contributed by atoms with van der Waals surface area (Å²) in [5, 5.41) is 5.49. The Balaban J connectivity index is 1.90. The van der Waals surface area contributed by atoms with Gasteiger partial charge in [-0.25, -0.2) is 4.98 Å². The highest BCUT2D eigenvalue weighted by Gasteiger charge is 2.04. The highest BCUT2D eigenvalue weighted by molar-refractivity contribution is 7.09. The minimum Gasteiger partial charge on any atom is -0.355 e. The van der Waals surface area contributed by atoms with Crippen molar-refractivity contribution in [1.29, 1.82) is 0 Å². The van der Waals surface area contributed by atoms with Crippen LogP contribution in [0.4, 0.5) is 5.82 Å². The third-order valence-corrected chi connectivity index (χ3v) is 3.79. The minimum atomic E-state index is 0.899. The zero-order valence-corrected chi connectivity index (χ0v) is 12.4. The topological polar surface area (TPSA) is 28.2 Å². The van der Waals surface area contributed by atoms with Gasteiger partial charge in [0.25, 0.3) is 0 Å². The van der Waals surface area contributed by atoms with Gasteiger partial charge in [0.15, 0.2) is 0 Å². The number of nitrogens with zero attached hydrogens (tertiary/aromatic N) is 2. The fourth-order valence-corrected chi connectivity index (χ4v) is 2.63. The van der Waals surface area contributed by atoms with E-state index in [1.807, 2.05) is 6.20 Å². The molecular formula is C15H21N3S. The predicted octanol–water partition coefficient (Wildman–Crippen LogP) is 3.28. The number of aromatic nitrogens is 1. The van der Waals surface area contributed by atoms with Crippen molar-refractivity contribution in [1.82, 2.24) is 10.3 Å². The second-order valence-electron chi connectivity index (χ2n) is 4.64. The SMILES string of the molecule is CCCNCc1ccc(N(C)Cc2cccs2)nc1. The van der Waals surface area contributed by atoms with Crippen LogP contribution in [0.15, 0.2) is 35.8 Å². The fraction of sp³-hybridized carbons (Fsp3) is 0.400. The van der Waals surface area contributed by atoms with E-state index in [1.54, 1.807) is 11.3 Å². The molecule has 0 aromatic carbocycles. The minimum absolute atomic E-state index is 0.899. The summed E-state index contributed by atoms with van der Waals surface area (Å²) in [5.41, 5.74) is 1.24. The molecule has 3 nitrogen and oxygen atoms in total. The van der Waals surface area contributed by atoms with E-state index in [9.17, 15) is 0 Å². The molecule has 0 aliphatic rings. The molecule has 0 atom stereocenters. The van der Waals surface area contributed by atoms with Gasteiger partial charge in [-0.15, -0.1) is 11.3 Å². The van der Waals surface area contributed by atoms with Gasteiger partial charge in [0.2, 0.25) is 0 Å². The quantitative estimate of drug-likeness (QED) is 0.786. The van der Waals surface area contributed by atoms with Gasteiger partial charge in [-0.3, -0.25) is 0 Å². The Labute approximate surface area is 119 Å². The van der Waals surface area contributed by atoms with Gasteiger partial charge >= 0.3 is 0 Å². The maximum absolute atomic E-state index is 4.53. The molecule has 1 N–H and O–H groups in total. The Morgan fingerprint density at radius 1 is 1.32 bits per heavy atom. The summed E-state index contributed by atoms with van der Waals surface area (Å²) < 4.78 is 0. The largest absolute Gasteiger partial charge is 0.355 e. The maximum Gasteiger partial charge on any atom is 0.128 e. The van der Waals surface area contributed by atoms with Crippen LogP contribution < -0.4 is 10.2 Å². The monoisotopic (exact) mass is 275 g/mol. The zero-order valence-electron chi connectivity index (χ0n) is 11.6. The summed E-state index contributed by atoms with van der Waals surface area (Å²) in [5.74, 6) is 1.02. The van der Waals surface area contributed by atoms with E-state index >= 15 is 0 Å². The van der Waals surface area contributed by atoms with Gasteiger partial charge in [0, 0.05) is 24.7 Å². The second-order valence-corrected chi connectivity index (χ2v) is 5.67. The van der Waals surface area contributed by atoms with Gasteiger partial charge in [-0.05, 0) is 36.0 Å². The number of hydrogen-bond donors (Lipinski definition) is 1. The third kappa shape index (κ3) is 4.33. The molecule has 19 heavy (non-hydrogen) atoms. The number of pyridine rings is 1. The summed E-state index contributed by atoms with van der Waals surface area (Å²) in [6.07, 6.45) is 3.12. The third-order valence-electron chi connectivity index (χ3n) is 2.93. The van der Waals surface area contributed by atoms with E-state index in [1.165, 1.54) is 10.4 Å². The van der Waals surface area contributed by atoms with Crippen molar-refractivity contribution in [2.45, 2.75) is 26.4 Å². The van der Waals surface area contributed by atoms with Crippen LogP contribution in [0.3, 0.4) is 0 Å². The van der Waals surface area contributed by atoms with Crippen molar-refractivity contribution < 1.29 is 0 Å². The van der Waals surface area contributed by atoms with Crippen molar-refractivity contribution in [2.24, 2.45) is 0 Å². The Morgan fingerprint density at radius 2 is 2.21 bits per heavy atom. The van der Waals surface area contributed by atoms with Crippen molar-refractivity contribution in [3.05, 3.63) is 46.3 Å². The van der Waals surface area contributed by atoms with Crippen LogP contribution in [0.25, 0.3) is 0 Å². The Kier molecular flexibility index (Phi) is 5.36. The molecule has 102 valence electrons. The molecule has 0 saturated carbocycles. The average Bonchev–Trinajstić information content (AvgIpc) is 2.93. The average molecular weight is 275 g/mol. The molecule has 2 aromatic heterocycles. The molecule has 0 amide bonds. The lowest BCUT2D eigenvalue weighted by atomic mass is 10.2.